The third kappa shape index (κ3) is 5.76. The summed E-state index contributed by atoms with van der Waals surface area (Å²) in [5.74, 6) is -0.742. The molecule has 1 aliphatic rings. The van der Waals surface area contributed by atoms with Gasteiger partial charge in [0.1, 0.15) is 11.6 Å². The van der Waals surface area contributed by atoms with Crippen molar-refractivity contribution in [3.63, 3.8) is 0 Å². The second kappa shape index (κ2) is 9.82. The number of hydrogen-bond acceptors (Lipinski definition) is 5. The van der Waals surface area contributed by atoms with E-state index in [1.165, 1.54) is 0 Å². The van der Waals surface area contributed by atoms with Crippen molar-refractivity contribution in [2.24, 2.45) is 5.92 Å². The van der Waals surface area contributed by atoms with Crippen molar-refractivity contribution in [2.75, 3.05) is 26.2 Å². The fraction of sp³-hybridized carbons (Fsp3) is 0.688. The molecule has 1 N–H and O–H groups in total. The lowest BCUT2D eigenvalue weighted by Gasteiger charge is -2.30. The highest BCUT2D eigenvalue weighted by Gasteiger charge is 2.26. The minimum atomic E-state index is -0.353. The summed E-state index contributed by atoms with van der Waals surface area (Å²) in [5, 5.41) is 11.9. The predicted molar refractivity (Wildman–Crippen MR) is 82.5 cm³/mol. The first kappa shape index (κ1) is 18.0. The van der Waals surface area contributed by atoms with E-state index < -0.39 is 0 Å². The van der Waals surface area contributed by atoms with Crippen LogP contribution < -0.4 is 5.32 Å². The lowest BCUT2D eigenvalue weighted by atomic mass is 9.98. The van der Waals surface area contributed by atoms with Crippen molar-refractivity contribution < 1.29 is 14.3 Å². The molecule has 6 heteroatoms. The van der Waals surface area contributed by atoms with Gasteiger partial charge in [0.15, 0.2) is 0 Å². The van der Waals surface area contributed by atoms with Crippen molar-refractivity contribution in [3.8, 4) is 6.07 Å². The fourth-order valence-corrected chi connectivity index (χ4v) is 2.37. The van der Waals surface area contributed by atoms with Crippen LogP contribution in [0.15, 0.2) is 11.8 Å². The molecule has 1 amide bonds. The Labute approximate surface area is 132 Å². The molecule has 1 saturated heterocycles. The van der Waals surface area contributed by atoms with Crippen LogP contribution in [-0.2, 0) is 14.3 Å². The minimum absolute atomic E-state index is 0.0839. The van der Waals surface area contributed by atoms with Gasteiger partial charge in [-0.1, -0.05) is 13.3 Å². The molecule has 0 aromatic carbocycles. The highest BCUT2D eigenvalue weighted by molar-refractivity contribution is 5.97. The van der Waals surface area contributed by atoms with Crippen molar-refractivity contribution in [1.82, 2.24) is 10.2 Å². The summed E-state index contributed by atoms with van der Waals surface area (Å²) in [6, 6.07) is 1.94. The molecular formula is C16H25N3O3. The van der Waals surface area contributed by atoms with Crippen molar-refractivity contribution in [3.05, 3.63) is 11.8 Å². The molecule has 1 aliphatic heterocycles. The summed E-state index contributed by atoms with van der Waals surface area (Å²) in [4.78, 5) is 25.6. The van der Waals surface area contributed by atoms with Crippen molar-refractivity contribution in [1.29, 1.82) is 5.26 Å². The van der Waals surface area contributed by atoms with E-state index in [9.17, 15) is 9.59 Å². The van der Waals surface area contributed by atoms with E-state index >= 15 is 0 Å². The maximum absolute atomic E-state index is 11.9. The van der Waals surface area contributed by atoms with Gasteiger partial charge in [-0.3, -0.25) is 9.59 Å². The van der Waals surface area contributed by atoms with Crippen LogP contribution >= 0.6 is 0 Å². The van der Waals surface area contributed by atoms with Gasteiger partial charge in [-0.15, -0.1) is 0 Å². The van der Waals surface area contributed by atoms with Gasteiger partial charge in [-0.2, -0.15) is 5.26 Å². The third-order valence-corrected chi connectivity index (χ3v) is 3.57. The maximum Gasteiger partial charge on any atom is 0.310 e. The van der Waals surface area contributed by atoms with E-state index in [0.29, 0.717) is 19.7 Å². The molecule has 0 saturated carbocycles. The molecule has 0 aromatic heterocycles. The van der Waals surface area contributed by atoms with Crippen LogP contribution in [0.25, 0.3) is 0 Å². The number of hydrogen-bond donors (Lipinski definition) is 1. The highest BCUT2D eigenvalue weighted by Crippen LogP contribution is 2.18. The third-order valence-electron chi connectivity index (χ3n) is 3.57. The van der Waals surface area contributed by atoms with Crippen LogP contribution in [0.4, 0.5) is 0 Å². The second-order valence-corrected chi connectivity index (χ2v) is 5.35. The quantitative estimate of drug-likeness (QED) is 0.334. The number of nitrogens with zero attached hydrogens (tertiary/aromatic N) is 2. The summed E-state index contributed by atoms with van der Waals surface area (Å²) in [5.41, 5.74) is 0.0839. The van der Waals surface area contributed by atoms with Gasteiger partial charge in [0.25, 0.3) is 5.91 Å². The van der Waals surface area contributed by atoms with Crippen LogP contribution in [-0.4, -0.2) is 43.0 Å². The average Bonchev–Trinajstić information content (AvgIpc) is 2.53. The number of nitriles is 1. The smallest absolute Gasteiger partial charge is 0.310 e. The molecule has 1 rings (SSSR count). The largest absolute Gasteiger partial charge is 0.466 e. The van der Waals surface area contributed by atoms with Crippen LogP contribution in [0, 0.1) is 17.2 Å². The number of amides is 1. The van der Waals surface area contributed by atoms with Crippen LogP contribution in [0.5, 0.6) is 0 Å². The number of ether oxygens (including phenoxy) is 1. The number of unbranched alkanes of at least 4 members (excludes halogenated alkanes) is 1. The molecular weight excluding hydrogens is 282 g/mol. The number of piperidine rings is 1. The Morgan fingerprint density at radius 3 is 2.86 bits per heavy atom. The number of esters is 1. The molecule has 1 heterocycles. The summed E-state index contributed by atoms with van der Waals surface area (Å²) in [7, 11) is 0. The van der Waals surface area contributed by atoms with Gasteiger partial charge in [0.2, 0.25) is 0 Å². The van der Waals surface area contributed by atoms with E-state index in [1.807, 2.05) is 17.9 Å². The summed E-state index contributed by atoms with van der Waals surface area (Å²) in [6.45, 7) is 5.99. The first-order chi connectivity index (χ1) is 10.6. The molecule has 0 aromatic rings. The van der Waals surface area contributed by atoms with Gasteiger partial charge in [0.05, 0.1) is 12.5 Å². The number of carbonyl (C=O) groups is 2. The van der Waals surface area contributed by atoms with Crippen molar-refractivity contribution in [2.45, 2.75) is 39.5 Å². The standard InChI is InChI=1S/C16H25N3O3/c1-3-5-8-18-15(20)14(10-17)12-19-9-6-7-13(11-19)16(21)22-4-2/h12-13H,3-9,11H2,1-2H3,(H,18,20)/b14-12-. The lowest BCUT2D eigenvalue weighted by molar-refractivity contribution is -0.149. The Morgan fingerprint density at radius 2 is 2.23 bits per heavy atom. The topological polar surface area (TPSA) is 82.4 Å². The SMILES string of the molecule is CCCCNC(=O)/C(C#N)=C\N1CCCC(C(=O)OCC)C1. The Morgan fingerprint density at radius 1 is 1.45 bits per heavy atom. The molecule has 6 nitrogen and oxygen atoms in total. The molecule has 0 aliphatic carbocycles. The van der Waals surface area contributed by atoms with Crippen LogP contribution in [0.1, 0.15) is 39.5 Å². The predicted octanol–water partition coefficient (Wildman–Crippen LogP) is 1.59. The zero-order valence-corrected chi connectivity index (χ0v) is 13.4. The molecule has 0 radical (unpaired) electrons. The van der Waals surface area contributed by atoms with Gasteiger partial charge in [0, 0.05) is 25.8 Å². The number of rotatable bonds is 7. The molecule has 0 spiro atoms. The molecule has 1 fully saturated rings. The first-order valence-corrected chi connectivity index (χ1v) is 7.93. The maximum atomic E-state index is 11.9. The Kier molecular flexibility index (Phi) is 8.05. The molecule has 0 bridgehead atoms. The van der Waals surface area contributed by atoms with E-state index in [2.05, 4.69) is 5.32 Å². The van der Waals surface area contributed by atoms with E-state index in [4.69, 9.17) is 10.00 Å². The normalized spacial score (nSPS) is 18.5. The summed E-state index contributed by atoms with van der Waals surface area (Å²) in [6.07, 6.45) is 5.06. The molecule has 22 heavy (non-hydrogen) atoms. The zero-order chi connectivity index (χ0) is 16.4. The van der Waals surface area contributed by atoms with Gasteiger partial charge in [-0.25, -0.2) is 0 Å². The summed E-state index contributed by atoms with van der Waals surface area (Å²) < 4.78 is 5.04. The number of likely N-dealkylation sites (tertiary alicyclic amines) is 1. The molecule has 1 unspecified atom stereocenters. The van der Waals surface area contributed by atoms with E-state index in [1.54, 1.807) is 13.1 Å². The highest BCUT2D eigenvalue weighted by atomic mass is 16.5. The van der Waals surface area contributed by atoms with Gasteiger partial charge < -0.3 is 15.0 Å². The molecule has 1 atom stereocenters. The molecule has 122 valence electrons. The van der Waals surface area contributed by atoms with Crippen molar-refractivity contribution >= 4 is 11.9 Å². The Balaban J connectivity index is 2.62. The van der Waals surface area contributed by atoms with E-state index in [-0.39, 0.29) is 23.4 Å². The van der Waals surface area contributed by atoms with E-state index in [0.717, 1.165) is 32.2 Å². The van der Waals surface area contributed by atoms with Gasteiger partial charge >= 0.3 is 5.97 Å². The summed E-state index contributed by atoms with van der Waals surface area (Å²) >= 11 is 0. The average molecular weight is 307 g/mol. The fourth-order valence-electron chi connectivity index (χ4n) is 2.37. The van der Waals surface area contributed by atoms with Crippen LogP contribution in [0.2, 0.25) is 0 Å². The number of carbonyl (C=O) groups excluding carboxylic acids is 2. The first-order valence-electron chi connectivity index (χ1n) is 7.93. The monoisotopic (exact) mass is 307 g/mol. The Hall–Kier alpha value is -2.03. The van der Waals surface area contributed by atoms with Gasteiger partial charge in [-0.05, 0) is 26.2 Å². The van der Waals surface area contributed by atoms with Crippen LogP contribution in [0.3, 0.4) is 0 Å². The minimum Gasteiger partial charge on any atom is -0.466 e. The lowest BCUT2D eigenvalue weighted by Crippen LogP contribution is -2.37. The number of nitrogens with one attached hydrogen (secondary N) is 1. The zero-order valence-electron chi connectivity index (χ0n) is 13.4. The Bertz CT molecular complexity index is 454. The second-order valence-electron chi connectivity index (χ2n) is 5.35.